The summed E-state index contributed by atoms with van der Waals surface area (Å²) < 4.78 is 7.32. The standard InChI is InChI=1S/C18H21BrO/c1-18(2)10-8-14(9-11-18)20-15-6-7-16-13(12-15)4-3-5-17(16)19/h3-7,12,14H,8-11H2,1-2H3. The van der Waals surface area contributed by atoms with Gasteiger partial charge in [0.05, 0.1) is 6.10 Å². The van der Waals surface area contributed by atoms with Crippen molar-refractivity contribution in [3.8, 4) is 5.75 Å². The Morgan fingerprint density at radius 1 is 1.10 bits per heavy atom. The zero-order chi connectivity index (χ0) is 14.2. The molecule has 20 heavy (non-hydrogen) atoms. The van der Waals surface area contributed by atoms with Crippen LogP contribution in [0.5, 0.6) is 5.75 Å². The van der Waals surface area contributed by atoms with Crippen molar-refractivity contribution >= 4 is 26.7 Å². The minimum atomic E-state index is 0.382. The fraction of sp³-hybridized carbons (Fsp3) is 0.444. The Labute approximate surface area is 129 Å². The van der Waals surface area contributed by atoms with Crippen LogP contribution in [-0.4, -0.2) is 6.10 Å². The summed E-state index contributed by atoms with van der Waals surface area (Å²) in [5.41, 5.74) is 0.494. The third-order valence-electron chi connectivity index (χ3n) is 4.39. The van der Waals surface area contributed by atoms with Crippen LogP contribution in [0.25, 0.3) is 10.8 Å². The van der Waals surface area contributed by atoms with E-state index in [9.17, 15) is 0 Å². The molecule has 106 valence electrons. The molecule has 0 heterocycles. The van der Waals surface area contributed by atoms with E-state index in [-0.39, 0.29) is 0 Å². The van der Waals surface area contributed by atoms with Crippen molar-refractivity contribution in [3.63, 3.8) is 0 Å². The van der Waals surface area contributed by atoms with Crippen molar-refractivity contribution in [2.75, 3.05) is 0 Å². The maximum absolute atomic E-state index is 6.18. The second-order valence-electron chi connectivity index (χ2n) is 6.60. The van der Waals surface area contributed by atoms with Gasteiger partial charge in [0.1, 0.15) is 5.75 Å². The van der Waals surface area contributed by atoms with Gasteiger partial charge in [0.15, 0.2) is 0 Å². The fourth-order valence-electron chi connectivity index (χ4n) is 2.98. The number of benzene rings is 2. The molecule has 0 spiro atoms. The second-order valence-corrected chi connectivity index (χ2v) is 7.46. The Morgan fingerprint density at radius 3 is 2.60 bits per heavy atom. The van der Waals surface area contributed by atoms with E-state index >= 15 is 0 Å². The monoisotopic (exact) mass is 332 g/mol. The van der Waals surface area contributed by atoms with E-state index in [2.05, 4.69) is 66.2 Å². The largest absolute Gasteiger partial charge is 0.490 e. The van der Waals surface area contributed by atoms with Gasteiger partial charge in [0, 0.05) is 4.47 Å². The molecule has 2 heteroatoms. The molecule has 0 unspecified atom stereocenters. The molecule has 3 rings (SSSR count). The van der Waals surface area contributed by atoms with Gasteiger partial charge in [0.25, 0.3) is 0 Å². The maximum Gasteiger partial charge on any atom is 0.120 e. The van der Waals surface area contributed by atoms with E-state index in [1.807, 2.05) is 0 Å². The molecule has 0 aromatic heterocycles. The van der Waals surface area contributed by atoms with Crippen molar-refractivity contribution in [3.05, 3.63) is 40.9 Å². The summed E-state index contributed by atoms with van der Waals surface area (Å²) in [6.45, 7) is 4.72. The van der Waals surface area contributed by atoms with Gasteiger partial charge >= 0.3 is 0 Å². The molecule has 0 bridgehead atoms. The van der Waals surface area contributed by atoms with Crippen LogP contribution in [0.3, 0.4) is 0 Å². The summed E-state index contributed by atoms with van der Waals surface area (Å²) in [4.78, 5) is 0. The first-order chi connectivity index (χ1) is 9.53. The van der Waals surface area contributed by atoms with Gasteiger partial charge in [-0.3, -0.25) is 0 Å². The Bertz CT molecular complexity index is 608. The Morgan fingerprint density at radius 2 is 1.85 bits per heavy atom. The lowest BCUT2D eigenvalue weighted by Crippen LogP contribution is -2.28. The summed E-state index contributed by atoms with van der Waals surface area (Å²) in [5.74, 6) is 1.00. The number of halogens is 1. The Hall–Kier alpha value is -1.02. The fourth-order valence-corrected chi connectivity index (χ4v) is 3.49. The van der Waals surface area contributed by atoms with Crippen LogP contribution >= 0.6 is 15.9 Å². The van der Waals surface area contributed by atoms with Gasteiger partial charge < -0.3 is 4.74 Å². The number of ether oxygens (including phenoxy) is 1. The lowest BCUT2D eigenvalue weighted by Gasteiger charge is -2.34. The van der Waals surface area contributed by atoms with Gasteiger partial charge in [-0.1, -0.05) is 41.9 Å². The Balaban J connectivity index is 1.75. The summed E-state index contributed by atoms with van der Waals surface area (Å²) in [7, 11) is 0. The number of hydrogen-bond acceptors (Lipinski definition) is 1. The van der Waals surface area contributed by atoms with Crippen molar-refractivity contribution in [2.45, 2.75) is 45.6 Å². The smallest absolute Gasteiger partial charge is 0.120 e. The molecule has 1 fully saturated rings. The van der Waals surface area contributed by atoms with Crippen molar-refractivity contribution < 1.29 is 4.74 Å². The summed E-state index contributed by atoms with van der Waals surface area (Å²) in [5, 5.41) is 2.47. The third-order valence-corrected chi connectivity index (χ3v) is 5.08. The first kappa shape index (κ1) is 13.9. The van der Waals surface area contributed by atoms with Crippen molar-refractivity contribution in [1.82, 2.24) is 0 Å². The quantitative estimate of drug-likeness (QED) is 0.660. The van der Waals surface area contributed by atoms with E-state index in [1.54, 1.807) is 0 Å². The van der Waals surface area contributed by atoms with Crippen LogP contribution < -0.4 is 4.74 Å². The summed E-state index contributed by atoms with van der Waals surface area (Å²) in [6.07, 6.45) is 5.24. The first-order valence-corrected chi connectivity index (χ1v) is 8.18. The second kappa shape index (κ2) is 5.40. The van der Waals surface area contributed by atoms with Gasteiger partial charge in [-0.2, -0.15) is 0 Å². The molecular formula is C18H21BrO. The van der Waals surface area contributed by atoms with E-state index < -0.39 is 0 Å². The van der Waals surface area contributed by atoms with Crippen LogP contribution in [0.1, 0.15) is 39.5 Å². The van der Waals surface area contributed by atoms with Crippen LogP contribution in [0.15, 0.2) is 40.9 Å². The lowest BCUT2D eigenvalue weighted by atomic mass is 9.76. The molecule has 0 radical (unpaired) electrons. The molecule has 1 aliphatic carbocycles. The van der Waals surface area contributed by atoms with Gasteiger partial charge in [0.2, 0.25) is 0 Å². The van der Waals surface area contributed by atoms with Gasteiger partial charge in [-0.05, 0) is 66.1 Å². The average molecular weight is 333 g/mol. The predicted octanol–water partition coefficient (Wildman–Crippen LogP) is 5.95. The molecule has 0 amide bonds. The molecule has 0 aliphatic heterocycles. The van der Waals surface area contributed by atoms with Crippen LogP contribution in [-0.2, 0) is 0 Å². The van der Waals surface area contributed by atoms with Crippen LogP contribution in [0.2, 0.25) is 0 Å². The van der Waals surface area contributed by atoms with Gasteiger partial charge in [-0.15, -0.1) is 0 Å². The minimum Gasteiger partial charge on any atom is -0.490 e. The zero-order valence-electron chi connectivity index (χ0n) is 12.2. The SMILES string of the molecule is CC1(C)CCC(Oc2ccc3c(Br)cccc3c2)CC1. The van der Waals surface area contributed by atoms with Crippen molar-refractivity contribution in [2.24, 2.45) is 5.41 Å². The molecule has 2 aromatic carbocycles. The molecule has 0 saturated heterocycles. The topological polar surface area (TPSA) is 9.23 Å². The first-order valence-electron chi connectivity index (χ1n) is 7.38. The molecular weight excluding hydrogens is 312 g/mol. The van der Waals surface area contributed by atoms with Crippen molar-refractivity contribution in [1.29, 1.82) is 0 Å². The van der Waals surface area contributed by atoms with E-state index in [0.717, 1.165) is 10.2 Å². The van der Waals surface area contributed by atoms with Gasteiger partial charge in [-0.25, -0.2) is 0 Å². The third kappa shape index (κ3) is 3.01. The highest BCUT2D eigenvalue weighted by Gasteiger charge is 2.27. The van der Waals surface area contributed by atoms with Crippen LogP contribution in [0.4, 0.5) is 0 Å². The molecule has 1 nitrogen and oxygen atoms in total. The highest BCUT2D eigenvalue weighted by atomic mass is 79.9. The maximum atomic E-state index is 6.18. The number of rotatable bonds is 2. The molecule has 2 aromatic rings. The number of fused-ring (bicyclic) bond motifs is 1. The normalized spacial score (nSPS) is 19.1. The highest BCUT2D eigenvalue weighted by Crippen LogP contribution is 2.37. The Kier molecular flexibility index (Phi) is 3.76. The average Bonchev–Trinajstić information content (AvgIpc) is 2.41. The van der Waals surface area contributed by atoms with Crippen LogP contribution in [0, 0.1) is 5.41 Å². The number of hydrogen-bond donors (Lipinski definition) is 0. The van der Waals surface area contributed by atoms with E-state index in [0.29, 0.717) is 11.5 Å². The molecule has 1 saturated carbocycles. The zero-order valence-corrected chi connectivity index (χ0v) is 13.7. The molecule has 0 N–H and O–H groups in total. The van der Waals surface area contributed by atoms with E-state index in [4.69, 9.17) is 4.74 Å². The predicted molar refractivity (Wildman–Crippen MR) is 88.3 cm³/mol. The lowest BCUT2D eigenvalue weighted by molar-refractivity contribution is 0.0989. The van der Waals surface area contributed by atoms with E-state index in [1.165, 1.54) is 36.5 Å². The summed E-state index contributed by atoms with van der Waals surface area (Å²) >= 11 is 3.59. The molecule has 1 aliphatic rings. The highest BCUT2D eigenvalue weighted by molar-refractivity contribution is 9.10. The summed E-state index contributed by atoms with van der Waals surface area (Å²) in [6, 6.07) is 12.7. The molecule has 0 atom stereocenters. The minimum absolute atomic E-state index is 0.382.